The highest BCUT2D eigenvalue weighted by atomic mass is 16.4. The number of aliphatic carboxylic acids is 1. The topological polar surface area (TPSA) is 99.6 Å². The van der Waals surface area contributed by atoms with Crippen molar-refractivity contribution in [3.63, 3.8) is 0 Å². The number of carbonyl (C=O) groups excluding carboxylic acids is 2. The van der Waals surface area contributed by atoms with Crippen LogP contribution in [0.15, 0.2) is 42.6 Å². The van der Waals surface area contributed by atoms with E-state index in [4.69, 9.17) is 0 Å². The van der Waals surface area contributed by atoms with Gasteiger partial charge in [-0.15, -0.1) is 0 Å². The Balaban J connectivity index is 1.94. The molecule has 1 aromatic heterocycles. The highest BCUT2D eigenvalue weighted by Gasteiger charge is 2.70. The molecule has 0 saturated carbocycles. The molecule has 4 rings (SSSR count). The molecule has 2 N–H and O–H groups in total. The smallest absolute Gasteiger partial charge is 0.325 e. The lowest BCUT2D eigenvalue weighted by atomic mass is 9.72. The van der Waals surface area contributed by atoms with E-state index in [2.05, 4.69) is 10.3 Å². The summed E-state index contributed by atoms with van der Waals surface area (Å²) in [6.45, 7) is 7.71. The number of aryl methyl sites for hydroxylation is 2. The number of rotatable bonds is 7. The average molecular weight is 450 g/mol. The summed E-state index contributed by atoms with van der Waals surface area (Å²) in [6.07, 6.45) is 3.49. The van der Waals surface area contributed by atoms with Crippen molar-refractivity contribution in [1.82, 2.24) is 10.3 Å². The summed E-state index contributed by atoms with van der Waals surface area (Å²) >= 11 is 0. The number of para-hydroxylation sites is 1. The monoisotopic (exact) mass is 449 g/mol. The minimum absolute atomic E-state index is 0.352. The van der Waals surface area contributed by atoms with Crippen molar-refractivity contribution in [2.24, 2.45) is 17.8 Å². The van der Waals surface area contributed by atoms with Gasteiger partial charge in [0.05, 0.1) is 29.3 Å². The van der Waals surface area contributed by atoms with E-state index in [1.807, 2.05) is 52.0 Å². The first-order valence-corrected chi connectivity index (χ1v) is 11.7. The third kappa shape index (κ3) is 3.29. The van der Waals surface area contributed by atoms with Gasteiger partial charge in [-0.25, -0.2) is 4.90 Å². The second-order valence-corrected chi connectivity index (χ2v) is 9.01. The third-order valence-electron chi connectivity index (χ3n) is 7.53. The molecule has 0 bridgehead atoms. The van der Waals surface area contributed by atoms with Crippen molar-refractivity contribution in [1.29, 1.82) is 0 Å². The van der Waals surface area contributed by atoms with E-state index in [1.165, 1.54) is 4.90 Å². The Labute approximate surface area is 194 Å². The second-order valence-electron chi connectivity index (χ2n) is 9.01. The van der Waals surface area contributed by atoms with Gasteiger partial charge in [-0.05, 0) is 42.0 Å². The van der Waals surface area contributed by atoms with E-state index in [9.17, 15) is 19.5 Å². The molecule has 5 atom stereocenters. The van der Waals surface area contributed by atoms with Gasteiger partial charge in [0.2, 0.25) is 11.8 Å². The third-order valence-corrected chi connectivity index (χ3v) is 7.53. The van der Waals surface area contributed by atoms with Crippen molar-refractivity contribution in [2.75, 3.05) is 4.90 Å². The maximum atomic E-state index is 14.0. The van der Waals surface area contributed by atoms with Crippen LogP contribution in [0.25, 0.3) is 0 Å². The molecule has 0 spiro atoms. The molecule has 2 aliphatic rings. The van der Waals surface area contributed by atoms with Crippen molar-refractivity contribution >= 4 is 23.5 Å². The molecule has 7 nitrogen and oxygen atoms in total. The number of fused-ring (bicyclic) bond motifs is 1. The zero-order valence-corrected chi connectivity index (χ0v) is 19.5. The van der Waals surface area contributed by atoms with Gasteiger partial charge in [0.15, 0.2) is 0 Å². The Kier molecular flexibility index (Phi) is 6.10. The molecule has 7 heteroatoms. The van der Waals surface area contributed by atoms with Gasteiger partial charge in [-0.3, -0.25) is 24.7 Å². The first kappa shape index (κ1) is 23.1. The first-order valence-electron chi connectivity index (χ1n) is 11.7. The van der Waals surface area contributed by atoms with Gasteiger partial charge in [-0.2, -0.15) is 0 Å². The van der Waals surface area contributed by atoms with Gasteiger partial charge in [0.25, 0.3) is 0 Å². The number of pyridine rings is 1. The van der Waals surface area contributed by atoms with Crippen LogP contribution in [0.3, 0.4) is 0 Å². The van der Waals surface area contributed by atoms with Gasteiger partial charge >= 0.3 is 5.97 Å². The fourth-order valence-corrected chi connectivity index (χ4v) is 5.66. The predicted molar refractivity (Wildman–Crippen MR) is 125 cm³/mol. The van der Waals surface area contributed by atoms with Crippen LogP contribution in [0.4, 0.5) is 5.69 Å². The van der Waals surface area contributed by atoms with Crippen LogP contribution in [0, 0.1) is 17.8 Å². The molecule has 33 heavy (non-hydrogen) atoms. The molecule has 2 saturated heterocycles. The fourth-order valence-electron chi connectivity index (χ4n) is 5.66. The molecule has 3 heterocycles. The Bertz CT molecular complexity index is 1060. The maximum absolute atomic E-state index is 14.0. The molecular weight excluding hydrogens is 418 g/mol. The summed E-state index contributed by atoms with van der Waals surface area (Å²) in [4.78, 5) is 46.5. The van der Waals surface area contributed by atoms with E-state index >= 15 is 0 Å². The molecule has 2 amide bonds. The van der Waals surface area contributed by atoms with Crippen molar-refractivity contribution < 1.29 is 19.5 Å². The minimum atomic E-state index is -1.56. The second kappa shape index (κ2) is 8.71. The Morgan fingerprint density at radius 3 is 2.27 bits per heavy atom. The molecule has 1 aromatic carbocycles. The van der Waals surface area contributed by atoms with Gasteiger partial charge in [0.1, 0.15) is 5.54 Å². The largest absolute Gasteiger partial charge is 0.480 e. The summed E-state index contributed by atoms with van der Waals surface area (Å²) in [7, 11) is 0. The molecule has 0 aliphatic carbocycles. The SMILES string of the molecule is CCc1cccc(CC)c1N1C(=O)C2C(c3ccccn3)NC(C(=O)O)(C(C)CC)C2C1=O. The van der Waals surface area contributed by atoms with Crippen molar-refractivity contribution in [3.05, 3.63) is 59.4 Å². The van der Waals surface area contributed by atoms with Crippen LogP contribution in [-0.2, 0) is 27.2 Å². The number of carboxylic acid groups (broad SMARTS) is 1. The van der Waals surface area contributed by atoms with Gasteiger partial charge < -0.3 is 5.11 Å². The lowest BCUT2D eigenvalue weighted by molar-refractivity contribution is -0.151. The summed E-state index contributed by atoms with van der Waals surface area (Å²) in [5.74, 6) is -4.12. The first-order chi connectivity index (χ1) is 15.8. The van der Waals surface area contributed by atoms with Crippen LogP contribution in [-0.4, -0.2) is 33.4 Å². The van der Waals surface area contributed by atoms with Gasteiger partial charge in [-0.1, -0.05) is 58.4 Å². The number of anilines is 1. The Hall–Kier alpha value is -3.06. The van der Waals surface area contributed by atoms with Crippen LogP contribution in [0.5, 0.6) is 0 Å². The molecule has 5 unspecified atom stereocenters. The van der Waals surface area contributed by atoms with E-state index in [-0.39, 0.29) is 11.8 Å². The quantitative estimate of drug-likeness (QED) is 0.628. The number of hydrogen-bond acceptors (Lipinski definition) is 5. The number of nitrogens with zero attached hydrogens (tertiary/aromatic N) is 2. The zero-order chi connectivity index (χ0) is 23.9. The van der Waals surface area contributed by atoms with Crippen LogP contribution < -0.4 is 10.2 Å². The van der Waals surface area contributed by atoms with Gasteiger partial charge in [0, 0.05) is 6.20 Å². The number of nitrogens with one attached hydrogen (secondary N) is 1. The lowest BCUT2D eigenvalue weighted by Crippen LogP contribution is -2.60. The summed E-state index contributed by atoms with van der Waals surface area (Å²) in [6, 6.07) is 10.5. The lowest BCUT2D eigenvalue weighted by Gasteiger charge is -2.36. The number of amides is 2. The highest BCUT2D eigenvalue weighted by Crippen LogP contribution is 2.53. The summed E-state index contributed by atoms with van der Waals surface area (Å²) in [5, 5.41) is 13.7. The number of aromatic nitrogens is 1. The minimum Gasteiger partial charge on any atom is -0.480 e. The summed E-state index contributed by atoms with van der Waals surface area (Å²) < 4.78 is 0. The number of carbonyl (C=O) groups is 3. The Morgan fingerprint density at radius 1 is 1.09 bits per heavy atom. The van der Waals surface area contributed by atoms with Crippen molar-refractivity contribution in [3.8, 4) is 0 Å². The molecule has 174 valence electrons. The standard InChI is InChI=1S/C26H31N3O4/c1-5-15(4)26(25(32)33)20-19(21(28-26)18-13-8-9-14-27-18)23(30)29(24(20)31)22-16(6-2)11-10-12-17(22)7-3/h8-15,19-21,28H,5-7H2,1-4H3,(H,32,33). The molecule has 2 aromatic rings. The van der Waals surface area contributed by atoms with E-state index < -0.39 is 35.3 Å². The fraction of sp³-hybridized carbons (Fsp3) is 0.462. The molecule has 2 fully saturated rings. The van der Waals surface area contributed by atoms with E-state index in [1.54, 1.807) is 18.3 Å². The van der Waals surface area contributed by atoms with Crippen LogP contribution in [0.2, 0.25) is 0 Å². The molecule has 0 radical (unpaired) electrons. The molecular formula is C26H31N3O4. The Morgan fingerprint density at radius 2 is 1.76 bits per heavy atom. The zero-order valence-electron chi connectivity index (χ0n) is 19.5. The summed E-state index contributed by atoms with van der Waals surface area (Å²) in [5.41, 5.74) is 1.44. The maximum Gasteiger partial charge on any atom is 0.325 e. The normalized spacial score (nSPS) is 27.6. The average Bonchev–Trinajstić information content (AvgIpc) is 3.33. The van der Waals surface area contributed by atoms with Crippen molar-refractivity contribution in [2.45, 2.75) is 58.5 Å². The number of benzene rings is 1. The van der Waals surface area contributed by atoms with E-state index in [0.29, 0.717) is 30.6 Å². The van der Waals surface area contributed by atoms with E-state index in [0.717, 1.165) is 11.1 Å². The number of imide groups is 1. The highest BCUT2D eigenvalue weighted by molar-refractivity contribution is 6.25. The number of hydrogen-bond donors (Lipinski definition) is 2. The van der Waals surface area contributed by atoms with Crippen LogP contribution >= 0.6 is 0 Å². The number of carboxylic acids is 1. The molecule has 2 aliphatic heterocycles. The van der Waals surface area contributed by atoms with Crippen LogP contribution in [0.1, 0.15) is 57.0 Å². The predicted octanol–water partition coefficient (Wildman–Crippen LogP) is 3.53.